The third-order valence-electron chi connectivity index (χ3n) is 2.77. The van der Waals surface area contributed by atoms with Crippen LogP contribution in [-0.2, 0) is 0 Å². The molecule has 1 aromatic heterocycles. The van der Waals surface area contributed by atoms with Crippen LogP contribution in [-0.4, -0.2) is 10.1 Å². The largest absolute Gasteiger partial charge is 0.383 e. The molecule has 1 atom stereocenters. The average molecular weight is 311 g/mol. The van der Waals surface area contributed by atoms with Crippen molar-refractivity contribution < 1.29 is 9.50 Å². The van der Waals surface area contributed by atoms with Crippen molar-refractivity contribution in [3.63, 3.8) is 0 Å². The third-order valence-corrected chi connectivity index (χ3v) is 3.26. The molecule has 2 rings (SSSR count). The number of aliphatic hydroxyl groups excluding tert-OH is 1. The van der Waals surface area contributed by atoms with Crippen LogP contribution in [0, 0.1) is 12.7 Å². The Morgan fingerprint density at radius 1 is 1.39 bits per heavy atom. The summed E-state index contributed by atoms with van der Waals surface area (Å²) < 4.78 is 14.4. The predicted molar refractivity (Wildman–Crippen MR) is 71.5 cm³/mol. The molecule has 0 saturated heterocycles. The van der Waals surface area contributed by atoms with Gasteiger partial charge in [-0.1, -0.05) is 22.0 Å². The molecule has 0 saturated carbocycles. The molecule has 0 amide bonds. The molecule has 1 unspecified atom stereocenters. The number of aryl methyl sites for hydroxylation is 1. The highest BCUT2D eigenvalue weighted by Gasteiger charge is 2.20. The molecule has 94 valence electrons. The van der Waals surface area contributed by atoms with Crippen molar-refractivity contribution in [2.24, 2.45) is 0 Å². The van der Waals surface area contributed by atoms with Crippen molar-refractivity contribution in [1.82, 2.24) is 4.98 Å². The highest BCUT2D eigenvalue weighted by Crippen LogP contribution is 2.30. The molecule has 0 aliphatic rings. The van der Waals surface area contributed by atoms with Crippen LogP contribution in [0.25, 0.3) is 0 Å². The number of aromatic nitrogens is 1. The Labute approximate surface area is 113 Å². The third kappa shape index (κ3) is 2.37. The number of nitrogens with two attached hydrogens (primary N) is 1. The van der Waals surface area contributed by atoms with E-state index >= 15 is 0 Å². The Morgan fingerprint density at radius 2 is 2.11 bits per heavy atom. The molecule has 3 nitrogen and oxygen atoms in total. The van der Waals surface area contributed by atoms with Gasteiger partial charge < -0.3 is 10.8 Å². The summed E-state index contributed by atoms with van der Waals surface area (Å²) in [5.74, 6) is -0.274. The van der Waals surface area contributed by atoms with Gasteiger partial charge in [0.05, 0.1) is 0 Å². The Balaban J connectivity index is 2.51. The zero-order valence-electron chi connectivity index (χ0n) is 9.69. The van der Waals surface area contributed by atoms with Gasteiger partial charge in [-0.05, 0) is 30.7 Å². The number of rotatable bonds is 2. The minimum Gasteiger partial charge on any atom is -0.383 e. The second-order valence-electron chi connectivity index (χ2n) is 4.00. The quantitative estimate of drug-likeness (QED) is 0.896. The van der Waals surface area contributed by atoms with Crippen LogP contribution < -0.4 is 5.73 Å². The average Bonchev–Trinajstić information content (AvgIpc) is 2.28. The first kappa shape index (κ1) is 13.0. The maximum Gasteiger partial charge on any atom is 0.130 e. The summed E-state index contributed by atoms with van der Waals surface area (Å²) in [6, 6.07) is 6.23. The number of anilines is 1. The van der Waals surface area contributed by atoms with E-state index in [2.05, 4.69) is 20.9 Å². The molecule has 2 aromatic rings. The number of benzene rings is 1. The lowest BCUT2D eigenvalue weighted by atomic mass is 9.98. The zero-order valence-corrected chi connectivity index (χ0v) is 11.3. The fourth-order valence-corrected chi connectivity index (χ4v) is 2.16. The van der Waals surface area contributed by atoms with Gasteiger partial charge in [-0.25, -0.2) is 9.37 Å². The second kappa shape index (κ2) is 5.04. The molecule has 0 aliphatic carbocycles. The zero-order chi connectivity index (χ0) is 13.3. The van der Waals surface area contributed by atoms with E-state index in [1.54, 1.807) is 25.3 Å². The Morgan fingerprint density at radius 3 is 2.72 bits per heavy atom. The summed E-state index contributed by atoms with van der Waals surface area (Å²) in [4.78, 5) is 3.92. The summed E-state index contributed by atoms with van der Waals surface area (Å²) in [6.45, 7) is 1.80. The molecule has 0 bridgehead atoms. The van der Waals surface area contributed by atoms with Crippen molar-refractivity contribution in [1.29, 1.82) is 0 Å². The van der Waals surface area contributed by atoms with Crippen molar-refractivity contribution >= 4 is 21.7 Å². The van der Waals surface area contributed by atoms with E-state index in [4.69, 9.17) is 5.73 Å². The molecule has 0 radical (unpaired) electrons. The molecule has 0 fully saturated rings. The van der Waals surface area contributed by atoms with Crippen LogP contribution in [0.1, 0.15) is 22.8 Å². The number of hydrogen-bond donors (Lipinski definition) is 2. The van der Waals surface area contributed by atoms with Crippen LogP contribution in [0.15, 0.2) is 34.9 Å². The van der Waals surface area contributed by atoms with Gasteiger partial charge in [0, 0.05) is 21.8 Å². The van der Waals surface area contributed by atoms with Crippen molar-refractivity contribution in [2.45, 2.75) is 13.0 Å². The van der Waals surface area contributed by atoms with Gasteiger partial charge in [-0.2, -0.15) is 0 Å². The smallest absolute Gasteiger partial charge is 0.130 e. The molecule has 0 spiro atoms. The fraction of sp³-hybridized carbons (Fsp3) is 0.154. The van der Waals surface area contributed by atoms with Gasteiger partial charge in [0.15, 0.2) is 0 Å². The van der Waals surface area contributed by atoms with Crippen LogP contribution in [0.3, 0.4) is 0 Å². The van der Waals surface area contributed by atoms with E-state index in [1.165, 1.54) is 12.1 Å². The Bertz CT molecular complexity index is 569. The van der Waals surface area contributed by atoms with E-state index < -0.39 is 11.9 Å². The first-order valence-corrected chi connectivity index (χ1v) is 6.14. The van der Waals surface area contributed by atoms with E-state index in [-0.39, 0.29) is 11.4 Å². The predicted octanol–water partition coefficient (Wildman–Crippen LogP) is 2.96. The summed E-state index contributed by atoms with van der Waals surface area (Å²) in [7, 11) is 0. The number of nitrogen functional groups attached to an aromatic ring is 1. The molecule has 1 aromatic carbocycles. The van der Waals surface area contributed by atoms with Gasteiger partial charge >= 0.3 is 0 Å². The molecule has 5 heteroatoms. The first-order valence-electron chi connectivity index (χ1n) is 5.34. The van der Waals surface area contributed by atoms with E-state index in [0.29, 0.717) is 10.0 Å². The van der Waals surface area contributed by atoms with Crippen LogP contribution in [0.4, 0.5) is 10.2 Å². The molecule has 3 N–H and O–H groups in total. The SMILES string of the molecule is Cc1ccnc(N)c1C(O)c1ccc(Br)cc1F. The first-order chi connectivity index (χ1) is 8.50. The summed E-state index contributed by atoms with van der Waals surface area (Å²) in [5, 5.41) is 10.2. The lowest BCUT2D eigenvalue weighted by Crippen LogP contribution is -2.09. The highest BCUT2D eigenvalue weighted by atomic mass is 79.9. The van der Waals surface area contributed by atoms with Crippen LogP contribution in [0.5, 0.6) is 0 Å². The normalized spacial score (nSPS) is 12.4. The Hall–Kier alpha value is -1.46. The van der Waals surface area contributed by atoms with Crippen molar-refractivity contribution in [3.8, 4) is 0 Å². The van der Waals surface area contributed by atoms with Crippen molar-refractivity contribution in [3.05, 3.63) is 57.4 Å². The highest BCUT2D eigenvalue weighted by molar-refractivity contribution is 9.10. The lowest BCUT2D eigenvalue weighted by molar-refractivity contribution is 0.214. The molecule has 1 heterocycles. The van der Waals surface area contributed by atoms with Crippen LogP contribution in [0.2, 0.25) is 0 Å². The number of hydrogen-bond acceptors (Lipinski definition) is 3. The van der Waals surface area contributed by atoms with E-state index in [1.807, 2.05) is 0 Å². The number of aliphatic hydroxyl groups is 1. The van der Waals surface area contributed by atoms with Gasteiger partial charge in [-0.15, -0.1) is 0 Å². The van der Waals surface area contributed by atoms with Gasteiger partial charge in [-0.3, -0.25) is 0 Å². The van der Waals surface area contributed by atoms with Crippen molar-refractivity contribution in [2.75, 3.05) is 5.73 Å². The number of pyridine rings is 1. The maximum absolute atomic E-state index is 13.8. The van der Waals surface area contributed by atoms with Gasteiger partial charge in [0.1, 0.15) is 17.7 Å². The fourth-order valence-electron chi connectivity index (χ4n) is 1.83. The monoisotopic (exact) mass is 310 g/mol. The topological polar surface area (TPSA) is 59.1 Å². The second-order valence-corrected chi connectivity index (χ2v) is 4.91. The number of nitrogens with zero attached hydrogens (tertiary/aromatic N) is 1. The summed E-state index contributed by atoms with van der Waals surface area (Å²) in [5.41, 5.74) is 7.14. The standard InChI is InChI=1S/C13H12BrFN2O/c1-7-4-5-17-13(16)11(7)12(18)9-3-2-8(14)6-10(9)15/h2-6,12,18H,1H3,(H2,16,17). The van der Waals surface area contributed by atoms with E-state index in [0.717, 1.165) is 5.56 Å². The Kier molecular flexibility index (Phi) is 3.63. The summed E-state index contributed by atoms with van der Waals surface area (Å²) >= 11 is 3.17. The lowest BCUT2D eigenvalue weighted by Gasteiger charge is -2.16. The van der Waals surface area contributed by atoms with E-state index in [9.17, 15) is 9.50 Å². The minimum absolute atomic E-state index is 0.181. The minimum atomic E-state index is -1.12. The molecule has 18 heavy (non-hydrogen) atoms. The van der Waals surface area contributed by atoms with Crippen LogP contribution >= 0.6 is 15.9 Å². The number of halogens is 2. The molecular formula is C13H12BrFN2O. The summed E-state index contributed by atoms with van der Waals surface area (Å²) in [6.07, 6.45) is 0.436. The maximum atomic E-state index is 13.8. The van der Waals surface area contributed by atoms with Gasteiger partial charge in [0.2, 0.25) is 0 Å². The molecular weight excluding hydrogens is 299 g/mol. The molecule has 0 aliphatic heterocycles. The van der Waals surface area contributed by atoms with Gasteiger partial charge in [0.25, 0.3) is 0 Å².